The summed E-state index contributed by atoms with van der Waals surface area (Å²) in [6.45, 7) is 20.8. The van der Waals surface area contributed by atoms with Gasteiger partial charge in [0.2, 0.25) is 62.8 Å². The normalized spacial score (nSPS) is 17.4. The lowest BCUT2D eigenvalue weighted by molar-refractivity contribution is 0.0715. The van der Waals surface area contributed by atoms with E-state index in [-0.39, 0.29) is 59.2 Å². The lowest BCUT2D eigenvalue weighted by atomic mass is 9.99. The summed E-state index contributed by atoms with van der Waals surface area (Å²) in [6, 6.07) is 9.14. The molecule has 3 aromatic carbocycles. The molecular weight excluding hydrogens is 1350 g/mol. The maximum atomic E-state index is 13.4. The van der Waals surface area contributed by atoms with Gasteiger partial charge in [-0.15, -0.1) is 15.3 Å². The zero-order valence-corrected chi connectivity index (χ0v) is 64.1. The molecule has 99 heavy (non-hydrogen) atoms. The van der Waals surface area contributed by atoms with Crippen molar-refractivity contribution in [3.63, 3.8) is 0 Å². The standard InChI is InChI=1S/C27H43N5O3SSi.C23H36N4O4SSi.C21H29N5O2S/c1-37(2,3)18-16-35-20-32-27(36(33,34)17-8-15-31-13-4-5-14-31)29-26(30-32)28-25-23-11-6-9-21(23)19-22-10-7-12-24(22)25;1-33(2,3)14-12-31-16-27-23(32(29,30)13-6-11-28)25-22(26-27)24-21-19-9-4-7-17(19)15-18-8-5-10-20(18)21;27-29(28,13-5-12-26-10-1-2-11-26)21-23-20(24-25-21)22-19-17-8-3-6-15(17)14-16-7-4-9-18(16)19/h19H,4-18,20H2,1-3H3,(H,28,30);15,28H,4-14,16H2,1-3H3,(H,24,26);14H,1-13H2,(H2,22,23,24,25). The van der Waals surface area contributed by atoms with E-state index in [0.29, 0.717) is 43.9 Å². The number of hydrogen-bond donors (Lipinski definition) is 5. The number of benzene rings is 3. The van der Waals surface area contributed by atoms with Crippen molar-refractivity contribution >= 4 is 80.6 Å². The Kier molecular flexibility index (Phi) is 23.7. The summed E-state index contributed by atoms with van der Waals surface area (Å²) in [6.07, 6.45) is 26.1. The molecule has 2 aliphatic heterocycles. The van der Waals surface area contributed by atoms with Crippen molar-refractivity contribution < 1.29 is 39.8 Å². The van der Waals surface area contributed by atoms with Crippen LogP contribution in [0, 0.1) is 0 Å². The second kappa shape index (κ2) is 32.1. The molecule has 0 unspecified atom stereocenters. The van der Waals surface area contributed by atoms with Crippen LogP contribution in [0.2, 0.25) is 51.4 Å². The first-order valence-corrected chi connectivity index (χ1v) is 49.4. The average molecular weight is 1450 g/mol. The van der Waals surface area contributed by atoms with Crippen LogP contribution in [0.5, 0.6) is 0 Å². The molecule has 14 rings (SSSR count). The predicted molar refractivity (Wildman–Crippen MR) is 394 cm³/mol. The van der Waals surface area contributed by atoms with Gasteiger partial charge in [-0.3, -0.25) is 0 Å². The molecule has 28 heteroatoms. The lowest BCUT2D eigenvalue weighted by Gasteiger charge is -2.16. The SMILES string of the molecule is C[Si](C)(C)CCOCn1nc(Nc2c3c(cc4c2CCC4)CCC3)nc1S(=O)(=O)CCCN1CCCC1.C[Si](C)(C)CCOCn1nc(Nc2c3c(cc4c2CCC4)CCC3)nc1S(=O)(=O)CCCO.O=S(=O)(CCCN1CCCC1)c1nc(Nc2c3c(cc4c2CCC4)CCC3)n[nH]1. The summed E-state index contributed by atoms with van der Waals surface area (Å²) in [5.74, 6) is 1.02. The average Bonchev–Trinajstić information content (AvgIpc) is 1.65. The van der Waals surface area contributed by atoms with Crippen molar-refractivity contribution in [2.75, 3.05) is 92.3 Å². The number of anilines is 6. The molecule has 5 heterocycles. The third-order valence-electron chi connectivity index (χ3n) is 20.9. The highest BCUT2D eigenvalue weighted by Gasteiger charge is 2.33. The first-order valence-electron chi connectivity index (χ1n) is 37.0. The molecule has 0 amide bonds. The summed E-state index contributed by atoms with van der Waals surface area (Å²) in [5, 5.41) is 35.3. The van der Waals surface area contributed by atoms with Crippen LogP contribution < -0.4 is 16.0 Å². The number of nitrogens with one attached hydrogen (secondary N) is 4. The summed E-state index contributed by atoms with van der Waals surface area (Å²) >= 11 is 0. The van der Waals surface area contributed by atoms with Gasteiger partial charge in [-0.1, -0.05) is 57.5 Å². The lowest BCUT2D eigenvalue weighted by Crippen LogP contribution is -2.24. The zero-order chi connectivity index (χ0) is 69.5. The summed E-state index contributed by atoms with van der Waals surface area (Å²) in [5.41, 5.74) is 19.9. The van der Waals surface area contributed by atoms with Crippen LogP contribution in [-0.2, 0) is 129 Å². The molecular formula is C71H108N14O9S3Si2. The molecule has 3 aromatic heterocycles. The van der Waals surface area contributed by atoms with Gasteiger partial charge in [0.05, 0.1) is 17.3 Å². The third kappa shape index (κ3) is 18.5. The first-order chi connectivity index (χ1) is 47.5. The van der Waals surface area contributed by atoms with Crippen molar-refractivity contribution in [1.82, 2.24) is 54.5 Å². The van der Waals surface area contributed by atoms with Gasteiger partial charge in [-0.25, -0.2) is 39.7 Å². The Labute approximate surface area is 589 Å². The number of rotatable bonds is 30. The van der Waals surface area contributed by atoms with Gasteiger partial charge in [-0.2, -0.15) is 15.0 Å². The number of fused-ring (bicyclic) bond motifs is 6. The molecule has 542 valence electrons. The number of aromatic amines is 1. The second-order valence-electron chi connectivity index (χ2n) is 31.0. The Morgan fingerprint density at radius 3 is 1.12 bits per heavy atom. The van der Waals surface area contributed by atoms with Gasteiger partial charge >= 0.3 is 0 Å². The van der Waals surface area contributed by atoms with Crippen LogP contribution in [0.3, 0.4) is 0 Å². The van der Waals surface area contributed by atoms with Gasteiger partial charge in [0.25, 0.3) is 0 Å². The molecule has 0 saturated carbocycles. The third-order valence-corrected chi connectivity index (χ3v) is 29.3. The summed E-state index contributed by atoms with van der Waals surface area (Å²) in [4.78, 5) is 18.0. The Morgan fingerprint density at radius 2 is 0.778 bits per heavy atom. The number of aliphatic hydroxyl groups is 1. The van der Waals surface area contributed by atoms with E-state index in [1.165, 1.54) is 115 Å². The highest BCUT2D eigenvalue weighted by atomic mass is 32.2. The topological polar surface area (TPSA) is 287 Å². The van der Waals surface area contributed by atoms with Gasteiger partial charge in [0.1, 0.15) is 13.5 Å². The van der Waals surface area contributed by atoms with E-state index < -0.39 is 45.7 Å². The summed E-state index contributed by atoms with van der Waals surface area (Å²) in [7, 11) is -13.2. The Morgan fingerprint density at radius 1 is 0.444 bits per heavy atom. The van der Waals surface area contributed by atoms with E-state index in [1.54, 1.807) is 0 Å². The first kappa shape index (κ1) is 73.3. The van der Waals surface area contributed by atoms with Crippen molar-refractivity contribution in [3.8, 4) is 0 Å². The number of aryl methyl sites for hydroxylation is 6. The van der Waals surface area contributed by atoms with E-state index in [0.717, 1.165) is 171 Å². The monoisotopic (exact) mass is 1450 g/mol. The Bertz CT molecular complexity index is 4070. The molecule has 0 radical (unpaired) electrons. The second-order valence-corrected chi connectivity index (χ2v) is 48.3. The largest absolute Gasteiger partial charge is 0.396 e. The Hall–Kier alpha value is -5.44. The molecule has 23 nitrogen and oxygen atoms in total. The van der Waals surface area contributed by atoms with Gasteiger partial charge in [-0.05, 0) is 279 Å². The van der Waals surface area contributed by atoms with Gasteiger partial charge < -0.3 is 40.3 Å². The molecule has 2 saturated heterocycles. The number of sulfone groups is 3. The number of likely N-dealkylation sites (tertiary alicyclic amines) is 2. The molecule has 5 N–H and O–H groups in total. The number of nitrogens with zero attached hydrogens (tertiary/aromatic N) is 10. The van der Waals surface area contributed by atoms with Crippen LogP contribution in [-0.4, -0.2) is 177 Å². The molecule has 0 spiro atoms. The van der Waals surface area contributed by atoms with Crippen LogP contribution in [0.1, 0.15) is 150 Å². The maximum absolute atomic E-state index is 13.4. The van der Waals surface area contributed by atoms with E-state index >= 15 is 0 Å². The van der Waals surface area contributed by atoms with E-state index in [9.17, 15) is 25.3 Å². The molecule has 0 atom stereocenters. The van der Waals surface area contributed by atoms with Gasteiger partial charge in [0, 0.05) is 53.0 Å². The van der Waals surface area contributed by atoms with Crippen molar-refractivity contribution in [1.29, 1.82) is 0 Å². The fourth-order valence-electron chi connectivity index (χ4n) is 15.6. The minimum absolute atomic E-state index is 0.0219. The van der Waals surface area contributed by atoms with Crippen molar-refractivity contribution in [3.05, 3.63) is 85.0 Å². The smallest absolute Gasteiger partial charge is 0.249 e. The highest BCUT2D eigenvalue weighted by molar-refractivity contribution is 7.91. The molecule has 6 aromatic rings. The van der Waals surface area contributed by atoms with Gasteiger partial charge in [0.15, 0.2) is 0 Å². The maximum Gasteiger partial charge on any atom is 0.249 e. The quantitative estimate of drug-likeness (QED) is 0.0207. The fraction of sp³-hybridized carbons (Fsp3) is 0.662. The molecule has 6 aliphatic carbocycles. The predicted octanol–water partition coefficient (Wildman–Crippen LogP) is 10.8. The number of aromatic nitrogens is 9. The number of aliphatic hydroxyl groups excluding tert-OH is 1. The van der Waals surface area contributed by atoms with E-state index in [1.807, 2.05) is 0 Å². The van der Waals surface area contributed by atoms with Crippen LogP contribution >= 0.6 is 0 Å². The highest BCUT2D eigenvalue weighted by Crippen LogP contribution is 2.43. The molecule has 2 fully saturated rings. The Balaban J connectivity index is 0.000000142. The van der Waals surface area contributed by atoms with E-state index in [4.69, 9.17) is 14.6 Å². The molecule has 0 bridgehead atoms. The van der Waals surface area contributed by atoms with Crippen molar-refractivity contribution in [2.45, 2.75) is 241 Å². The minimum Gasteiger partial charge on any atom is -0.396 e. The van der Waals surface area contributed by atoms with Crippen LogP contribution in [0.4, 0.5) is 34.9 Å². The van der Waals surface area contributed by atoms with E-state index in [2.05, 4.69) is 119 Å². The number of ether oxygens (including phenoxy) is 2. The minimum atomic E-state index is -3.70. The van der Waals surface area contributed by atoms with Crippen LogP contribution in [0.15, 0.2) is 33.7 Å². The van der Waals surface area contributed by atoms with Crippen molar-refractivity contribution in [2.24, 2.45) is 0 Å². The summed E-state index contributed by atoms with van der Waals surface area (Å²) < 4.78 is 92.6. The van der Waals surface area contributed by atoms with Crippen LogP contribution in [0.25, 0.3) is 0 Å². The molecule has 8 aliphatic rings. The fourth-order valence-corrected chi connectivity index (χ4v) is 20.9. The number of H-pyrrole nitrogens is 1. The number of hydrogen-bond acceptors (Lipinski definition) is 20. The zero-order valence-electron chi connectivity index (χ0n) is 59.6.